The van der Waals surface area contributed by atoms with Gasteiger partial charge in [-0.15, -0.1) is 23.2 Å². The van der Waals surface area contributed by atoms with Gasteiger partial charge in [-0.1, -0.05) is 0 Å². The Bertz CT molecular complexity index is 208. The van der Waals surface area contributed by atoms with Crippen molar-refractivity contribution in [1.29, 1.82) is 0 Å². The van der Waals surface area contributed by atoms with Crippen molar-refractivity contribution < 1.29 is 4.57 Å². The highest BCUT2D eigenvalue weighted by molar-refractivity contribution is 7.56. The van der Waals surface area contributed by atoms with Gasteiger partial charge in [0.15, 0.2) is 0 Å². The largest absolute Gasteiger partial charge is 0.285 e. The van der Waals surface area contributed by atoms with Crippen molar-refractivity contribution >= 4 is 30.8 Å². The molecule has 0 N–H and O–H groups in total. The van der Waals surface area contributed by atoms with Crippen LogP contribution in [0, 0.1) is 0 Å². The highest BCUT2D eigenvalue weighted by atomic mass is 35.5. The predicted octanol–water partition coefficient (Wildman–Crippen LogP) is 2.00. The molecule has 0 bridgehead atoms. The fourth-order valence-corrected chi connectivity index (χ4v) is 4.52. The molecule has 0 amide bonds. The standard InChI is InChI=1S/C8H20Cl2N3OP/c1-11(2)15(14,12(3)4)13(7-5-9)8-6-10/h5-8H2,1-4H3. The molecule has 0 aromatic carbocycles. The van der Waals surface area contributed by atoms with Crippen molar-refractivity contribution in [2.45, 2.75) is 0 Å². The zero-order chi connectivity index (χ0) is 12.1. The van der Waals surface area contributed by atoms with E-state index in [2.05, 4.69) is 0 Å². The van der Waals surface area contributed by atoms with Crippen molar-refractivity contribution in [3.8, 4) is 0 Å². The first-order chi connectivity index (χ1) is 6.91. The van der Waals surface area contributed by atoms with E-state index in [1.165, 1.54) is 0 Å². The van der Waals surface area contributed by atoms with E-state index >= 15 is 0 Å². The molecule has 0 saturated heterocycles. The number of alkyl halides is 2. The second-order valence-corrected chi connectivity index (χ2v) is 7.49. The first-order valence-corrected chi connectivity index (χ1v) is 7.37. The maximum atomic E-state index is 12.8. The van der Waals surface area contributed by atoms with Crippen LogP contribution in [0.2, 0.25) is 0 Å². The van der Waals surface area contributed by atoms with Gasteiger partial charge in [0.05, 0.1) is 0 Å². The van der Waals surface area contributed by atoms with Crippen molar-refractivity contribution in [3.63, 3.8) is 0 Å². The molecule has 0 atom stereocenters. The maximum Gasteiger partial charge on any atom is 0.285 e. The predicted molar refractivity (Wildman–Crippen MR) is 68.0 cm³/mol. The SMILES string of the molecule is CN(C)P(=O)(N(C)C)N(CCCl)CCCl. The van der Waals surface area contributed by atoms with E-state index in [0.717, 1.165) is 0 Å². The second-order valence-electron chi connectivity index (χ2n) is 3.54. The minimum Gasteiger partial charge on any atom is -0.270 e. The normalized spacial score (nSPS) is 13.1. The second kappa shape index (κ2) is 7.10. The van der Waals surface area contributed by atoms with Crippen LogP contribution in [0.3, 0.4) is 0 Å². The van der Waals surface area contributed by atoms with Crippen LogP contribution < -0.4 is 0 Å². The average Bonchev–Trinajstić information content (AvgIpc) is 2.15. The molecule has 0 aliphatic rings. The summed E-state index contributed by atoms with van der Waals surface area (Å²) in [4.78, 5) is 0. The van der Waals surface area contributed by atoms with E-state index in [0.29, 0.717) is 24.8 Å². The van der Waals surface area contributed by atoms with Gasteiger partial charge < -0.3 is 0 Å². The molecule has 0 spiro atoms. The molecule has 0 aromatic rings. The molecular weight excluding hydrogens is 256 g/mol. The number of halogens is 2. The van der Waals surface area contributed by atoms with Gasteiger partial charge in [0.25, 0.3) is 7.59 Å². The quantitative estimate of drug-likeness (QED) is 0.525. The Morgan fingerprint density at radius 1 is 0.933 bits per heavy atom. The summed E-state index contributed by atoms with van der Waals surface area (Å²) < 4.78 is 18.1. The van der Waals surface area contributed by atoms with E-state index in [9.17, 15) is 4.57 Å². The molecule has 4 nitrogen and oxygen atoms in total. The highest BCUT2D eigenvalue weighted by Gasteiger charge is 2.34. The van der Waals surface area contributed by atoms with Gasteiger partial charge in [-0.05, 0) is 28.2 Å². The van der Waals surface area contributed by atoms with Crippen LogP contribution in [-0.2, 0) is 4.57 Å². The lowest BCUT2D eigenvalue weighted by Gasteiger charge is -2.38. The Hall–Kier alpha value is 0.690. The minimum atomic E-state index is -2.68. The topological polar surface area (TPSA) is 26.8 Å². The van der Waals surface area contributed by atoms with Crippen LogP contribution in [0.25, 0.3) is 0 Å². The third-order valence-electron chi connectivity index (χ3n) is 2.10. The monoisotopic (exact) mass is 275 g/mol. The van der Waals surface area contributed by atoms with Crippen LogP contribution in [-0.4, -0.2) is 67.1 Å². The molecule has 0 aliphatic carbocycles. The van der Waals surface area contributed by atoms with Crippen molar-refractivity contribution in [2.24, 2.45) is 0 Å². The number of nitrogens with zero attached hydrogens (tertiary/aromatic N) is 3. The van der Waals surface area contributed by atoms with Gasteiger partial charge >= 0.3 is 0 Å². The summed E-state index contributed by atoms with van der Waals surface area (Å²) >= 11 is 11.4. The van der Waals surface area contributed by atoms with Crippen LogP contribution >= 0.6 is 30.8 Å². The summed E-state index contributed by atoms with van der Waals surface area (Å²) in [6.45, 7) is 1.14. The van der Waals surface area contributed by atoms with Gasteiger partial charge in [-0.3, -0.25) is 4.57 Å². The Morgan fingerprint density at radius 3 is 1.47 bits per heavy atom. The summed E-state index contributed by atoms with van der Waals surface area (Å²) in [6.07, 6.45) is 0. The number of hydrogen-bond donors (Lipinski definition) is 0. The molecular formula is C8H20Cl2N3OP. The fourth-order valence-electron chi connectivity index (χ4n) is 1.43. The molecule has 0 unspecified atom stereocenters. The minimum absolute atomic E-state index is 0.447. The third-order valence-corrected chi connectivity index (χ3v) is 5.66. The molecule has 92 valence electrons. The van der Waals surface area contributed by atoms with E-state index in [1.807, 2.05) is 4.67 Å². The maximum absolute atomic E-state index is 12.8. The third kappa shape index (κ3) is 3.88. The van der Waals surface area contributed by atoms with Crippen molar-refractivity contribution in [3.05, 3.63) is 0 Å². The average molecular weight is 276 g/mol. The Labute approximate surface area is 103 Å². The number of rotatable bonds is 7. The first kappa shape index (κ1) is 15.7. The van der Waals surface area contributed by atoms with Gasteiger partial charge in [-0.2, -0.15) is 0 Å². The molecule has 0 fully saturated rings. The smallest absolute Gasteiger partial charge is 0.270 e. The molecule has 0 saturated carbocycles. The Balaban J connectivity index is 4.91. The van der Waals surface area contributed by atoms with Crippen LogP contribution in [0.4, 0.5) is 0 Å². The lowest BCUT2D eigenvalue weighted by atomic mass is 10.6. The van der Waals surface area contributed by atoms with Crippen molar-refractivity contribution in [1.82, 2.24) is 14.0 Å². The van der Waals surface area contributed by atoms with E-state index in [4.69, 9.17) is 23.2 Å². The Morgan fingerprint density at radius 2 is 1.27 bits per heavy atom. The van der Waals surface area contributed by atoms with Crippen molar-refractivity contribution in [2.75, 3.05) is 53.0 Å². The van der Waals surface area contributed by atoms with Gasteiger partial charge in [-0.25, -0.2) is 14.0 Å². The summed E-state index contributed by atoms with van der Waals surface area (Å²) in [7, 11) is 4.53. The molecule has 0 radical (unpaired) electrons. The molecule has 0 heterocycles. The van der Waals surface area contributed by atoms with E-state index in [1.54, 1.807) is 37.5 Å². The zero-order valence-corrected chi connectivity index (χ0v) is 12.2. The highest BCUT2D eigenvalue weighted by Crippen LogP contribution is 2.52. The molecule has 0 aliphatic heterocycles. The summed E-state index contributed by atoms with van der Waals surface area (Å²) in [5, 5.41) is 0. The van der Waals surface area contributed by atoms with Gasteiger partial charge in [0.1, 0.15) is 0 Å². The summed E-state index contributed by atoms with van der Waals surface area (Å²) in [5.41, 5.74) is 0. The van der Waals surface area contributed by atoms with Crippen LogP contribution in [0.5, 0.6) is 0 Å². The van der Waals surface area contributed by atoms with E-state index in [-0.39, 0.29) is 0 Å². The first-order valence-electron chi connectivity index (χ1n) is 4.74. The van der Waals surface area contributed by atoms with Crippen LogP contribution in [0.1, 0.15) is 0 Å². The van der Waals surface area contributed by atoms with Crippen LogP contribution in [0.15, 0.2) is 0 Å². The molecule has 0 rings (SSSR count). The Kier molecular flexibility index (Phi) is 7.43. The lowest BCUT2D eigenvalue weighted by molar-refractivity contribution is 0.345. The lowest BCUT2D eigenvalue weighted by Crippen LogP contribution is -2.37. The van der Waals surface area contributed by atoms with Gasteiger partial charge in [0.2, 0.25) is 0 Å². The van der Waals surface area contributed by atoms with E-state index < -0.39 is 7.59 Å². The zero-order valence-electron chi connectivity index (χ0n) is 9.78. The summed E-state index contributed by atoms with van der Waals surface area (Å²) in [5.74, 6) is 0.894. The number of hydrogen-bond acceptors (Lipinski definition) is 1. The summed E-state index contributed by atoms with van der Waals surface area (Å²) in [6, 6.07) is 0. The molecule has 7 heteroatoms. The fraction of sp³-hybridized carbons (Fsp3) is 1.00. The van der Waals surface area contributed by atoms with Gasteiger partial charge in [0, 0.05) is 24.8 Å². The molecule has 15 heavy (non-hydrogen) atoms. The molecule has 0 aromatic heterocycles.